The van der Waals surface area contributed by atoms with Crippen LogP contribution in [0.25, 0.3) is 22.0 Å². The highest BCUT2D eigenvalue weighted by Crippen LogP contribution is 2.28. The number of benzene rings is 3. The highest BCUT2D eigenvalue weighted by atomic mass is 35.5. The maximum Gasteiger partial charge on any atom is 0.274 e. The summed E-state index contributed by atoms with van der Waals surface area (Å²) >= 11 is 6.15. The summed E-state index contributed by atoms with van der Waals surface area (Å²) < 4.78 is 6.97. The Morgan fingerprint density at radius 1 is 1.03 bits per heavy atom. The van der Waals surface area contributed by atoms with Crippen LogP contribution in [0.1, 0.15) is 16.7 Å². The Hall–Kier alpha value is -2.99. The third-order valence-electron chi connectivity index (χ3n) is 5.43. The molecule has 1 aromatic heterocycles. The van der Waals surface area contributed by atoms with E-state index in [-0.39, 0.29) is 25.3 Å². The fraction of sp³-hybridized carbons (Fsp3) is 0.231. The lowest BCUT2D eigenvalue weighted by molar-refractivity contribution is 0.0182. The molecular formula is C26H25ClN2O3. The molecule has 0 bridgehead atoms. The van der Waals surface area contributed by atoms with Crippen molar-refractivity contribution in [1.82, 2.24) is 9.78 Å². The van der Waals surface area contributed by atoms with Gasteiger partial charge in [0.15, 0.2) is 0 Å². The molecule has 0 fully saturated rings. The van der Waals surface area contributed by atoms with Crippen LogP contribution in [0, 0.1) is 13.8 Å². The van der Waals surface area contributed by atoms with Gasteiger partial charge in [-0.1, -0.05) is 65.7 Å². The van der Waals surface area contributed by atoms with Crippen LogP contribution in [-0.4, -0.2) is 27.6 Å². The molecule has 4 rings (SSSR count). The molecule has 32 heavy (non-hydrogen) atoms. The first-order valence-electron chi connectivity index (χ1n) is 10.5. The summed E-state index contributed by atoms with van der Waals surface area (Å²) in [6.07, 6.45) is -0.893. The maximum atomic E-state index is 13.1. The van der Waals surface area contributed by atoms with Gasteiger partial charge in [0.2, 0.25) is 0 Å². The van der Waals surface area contributed by atoms with Crippen molar-refractivity contribution in [2.75, 3.05) is 6.61 Å². The van der Waals surface area contributed by atoms with Crippen molar-refractivity contribution in [3.8, 4) is 11.3 Å². The molecule has 0 amide bonds. The molecule has 0 spiro atoms. The van der Waals surface area contributed by atoms with E-state index in [1.807, 2.05) is 56.3 Å². The Kier molecular flexibility index (Phi) is 6.70. The van der Waals surface area contributed by atoms with Gasteiger partial charge >= 0.3 is 0 Å². The standard InChI is InChI=1S/C26H25ClN2O3/c1-17-11-12-18(2)23(13-17)25-21-8-4-5-9-22(21)26(31)29(28-25)14-20(30)16-32-15-19-7-3-6-10-24(19)27/h3-13,20,30H,14-16H2,1-2H3. The zero-order valence-corrected chi connectivity index (χ0v) is 18.8. The fourth-order valence-corrected chi connectivity index (χ4v) is 3.91. The number of halogens is 1. The molecule has 1 N–H and O–H groups in total. The number of ether oxygens (including phenoxy) is 1. The van der Waals surface area contributed by atoms with E-state index in [1.54, 1.807) is 12.1 Å². The number of aliphatic hydroxyl groups excluding tert-OH is 1. The summed E-state index contributed by atoms with van der Waals surface area (Å²) in [5.41, 5.74) is 4.49. The molecule has 0 aliphatic carbocycles. The predicted molar refractivity (Wildman–Crippen MR) is 128 cm³/mol. The summed E-state index contributed by atoms with van der Waals surface area (Å²) in [7, 11) is 0. The second-order valence-corrected chi connectivity index (χ2v) is 8.37. The smallest absolute Gasteiger partial charge is 0.274 e. The van der Waals surface area contributed by atoms with E-state index in [1.165, 1.54) is 4.68 Å². The number of aryl methyl sites for hydroxylation is 2. The average Bonchev–Trinajstić information content (AvgIpc) is 2.79. The van der Waals surface area contributed by atoms with Crippen LogP contribution >= 0.6 is 11.6 Å². The molecule has 164 valence electrons. The minimum Gasteiger partial charge on any atom is -0.389 e. The van der Waals surface area contributed by atoms with Crippen molar-refractivity contribution in [2.45, 2.75) is 33.1 Å². The Labute approximate surface area is 191 Å². The van der Waals surface area contributed by atoms with Gasteiger partial charge in [0.05, 0.1) is 36.9 Å². The van der Waals surface area contributed by atoms with Gasteiger partial charge in [-0.05, 0) is 43.2 Å². The fourth-order valence-electron chi connectivity index (χ4n) is 3.72. The van der Waals surface area contributed by atoms with Gasteiger partial charge < -0.3 is 9.84 Å². The van der Waals surface area contributed by atoms with Crippen LogP contribution < -0.4 is 5.56 Å². The third-order valence-corrected chi connectivity index (χ3v) is 5.79. The lowest BCUT2D eigenvalue weighted by Crippen LogP contribution is -2.31. The Bertz CT molecular complexity index is 1320. The summed E-state index contributed by atoms with van der Waals surface area (Å²) in [5, 5.41) is 17.2. The summed E-state index contributed by atoms with van der Waals surface area (Å²) in [5.74, 6) is 0. The lowest BCUT2D eigenvalue weighted by atomic mass is 9.99. The largest absolute Gasteiger partial charge is 0.389 e. The van der Waals surface area contributed by atoms with Crippen molar-refractivity contribution in [3.63, 3.8) is 0 Å². The van der Waals surface area contributed by atoms with E-state index in [0.29, 0.717) is 10.4 Å². The predicted octanol–water partition coefficient (Wildman–Crippen LogP) is 4.91. The van der Waals surface area contributed by atoms with Gasteiger partial charge in [-0.25, -0.2) is 4.68 Å². The van der Waals surface area contributed by atoms with E-state index in [4.69, 9.17) is 16.3 Å². The first-order chi connectivity index (χ1) is 15.4. The van der Waals surface area contributed by atoms with Crippen molar-refractivity contribution >= 4 is 22.4 Å². The number of aliphatic hydroxyl groups is 1. The second kappa shape index (κ2) is 9.65. The number of fused-ring (bicyclic) bond motifs is 1. The van der Waals surface area contributed by atoms with E-state index in [9.17, 15) is 9.90 Å². The molecule has 3 aromatic carbocycles. The summed E-state index contributed by atoms with van der Waals surface area (Å²) in [4.78, 5) is 13.1. The Morgan fingerprint density at radius 3 is 2.53 bits per heavy atom. The topological polar surface area (TPSA) is 64.3 Å². The van der Waals surface area contributed by atoms with E-state index >= 15 is 0 Å². The quantitative estimate of drug-likeness (QED) is 0.436. The monoisotopic (exact) mass is 448 g/mol. The second-order valence-electron chi connectivity index (χ2n) is 7.96. The van der Waals surface area contributed by atoms with Crippen molar-refractivity contribution in [1.29, 1.82) is 0 Å². The van der Waals surface area contributed by atoms with Gasteiger partial charge in [0, 0.05) is 16.0 Å². The van der Waals surface area contributed by atoms with Crippen LogP contribution in [0.5, 0.6) is 0 Å². The van der Waals surface area contributed by atoms with Crippen molar-refractivity contribution in [3.05, 3.63) is 98.8 Å². The summed E-state index contributed by atoms with van der Waals surface area (Å²) in [6.45, 7) is 4.43. The van der Waals surface area contributed by atoms with Crippen molar-refractivity contribution < 1.29 is 9.84 Å². The van der Waals surface area contributed by atoms with Gasteiger partial charge in [0.1, 0.15) is 0 Å². The molecule has 0 radical (unpaired) electrons. The Morgan fingerprint density at radius 2 is 1.75 bits per heavy atom. The van der Waals surface area contributed by atoms with Gasteiger partial charge in [-0.2, -0.15) is 5.10 Å². The number of hydrogen-bond donors (Lipinski definition) is 1. The van der Waals surface area contributed by atoms with Crippen LogP contribution in [0.2, 0.25) is 5.02 Å². The molecule has 6 heteroatoms. The third kappa shape index (κ3) is 4.75. The van der Waals surface area contributed by atoms with Crippen LogP contribution in [-0.2, 0) is 17.9 Å². The highest BCUT2D eigenvalue weighted by Gasteiger charge is 2.16. The van der Waals surface area contributed by atoms with Crippen LogP contribution in [0.15, 0.2) is 71.5 Å². The molecule has 1 heterocycles. The molecular weight excluding hydrogens is 424 g/mol. The van der Waals surface area contributed by atoms with E-state index < -0.39 is 6.10 Å². The molecule has 4 aromatic rings. The van der Waals surface area contributed by atoms with E-state index in [2.05, 4.69) is 17.2 Å². The first kappa shape index (κ1) is 22.2. The van der Waals surface area contributed by atoms with Crippen LogP contribution in [0.4, 0.5) is 0 Å². The lowest BCUT2D eigenvalue weighted by Gasteiger charge is -2.16. The van der Waals surface area contributed by atoms with Gasteiger partial charge in [-0.3, -0.25) is 4.79 Å². The van der Waals surface area contributed by atoms with Crippen LogP contribution in [0.3, 0.4) is 0 Å². The van der Waals surface area contributed by atoms with Gasteiger partial charge in [0.25, 0.3) is 5.56 Å². The molecule has 0 saturated heterocycles. The molecule has 5 nitrogen and oxygen atoms in total. The summed E-state index contributed by atoms with van der Waals surface area (Å²) in [6, 6.07) is 21.0. The zero-order chi connectivity index (χ0) is 22.7. The SMILES string of the molecule is Cc1ccc(C)c(-c2nn(CC(O)COCc3ccccc3Cl)c(=O)c3ccccc23)c1. The average molecular weight is 449 g/mol. The van der Waals surface area contributed by atoms with Crippen molar-refractivity contribution in [2.24, 2.45) is 0 Å². The van der Waals surface area contributed by atoms with E-state index in [0.717, 1.165) is 33.3 Å². The number of hydrogen-bond acceptors (Lipinski definition) is 4. The number of rotatable bonds is 7. The highest BCUT2D eigenvalue weighted by molar-refractivity contribution is 6.31. The zero-order valence-electron chi connectivity index (χ0n) is 18.1. The van der Waals surface area contributed by atoms with Gasteiger partial charge in [-0.15, -0.1) is 0 Å². The molecule has 1 unspecified atom stereocenters. The Balaban J connectivity index is 1.61. The molecule has 0 aliphatic rings. The molecule has 0 saturated carbocycles. The maximum absolute atomic E-state index is 13.1. The molecule has 1 atom stereocenters. The number of aromatic nitrogens is 2. The minimum atomic E-state index is -0.893. The number of nitrogens with zero attached hydrogens (tertiary/aromatic N) is 2. The molecule has 0 aliphatic heterocycles. The minimum absolute atomic E-state index is 0.0318. The first-order valence-corrected chi connectivity index (χ1v) is 10.9. The normalized spacial score (nSPS) is 12.2.